The van der Waals surface area contributed by atoms with E-state index in [1.807, 2.05) is 0 Å². The summed E-state index contributed by atoms with van der Waals surface area (Å²) in [6.45, 7) is 4.05. The van der Waals surface area contributed by atoms with Gasteiger partial charge in [-0.05, 0) is 49.4 Å². The average molecular weight is 229 g/mol. The SMILES string of the molecule is C=CC(CCBr)(C1CC1)C1CC1. The maximum absolute atomic E-state index is 4.05. The Labute approximate surface area is 83.6 Å². The fourth-order valence-corrected chi connectivity index (χ4v) is 3.27. The Bertz CT molecular complexity index is 165. The summed E-state index contributed by atoms with van der Waals surface area (Å²) < 4.78 is 0. The maximum Gasteiger partial charge on any atom is 0.00397 e. The van der Waals surface area contributed by atoms with Crippen LogP contribution in [0.15, 0.2) is 12.7 Å². The van der Waals surface area contributed by atoms with Gasteiger partial charge in [-0.1, -0.05) is 22.0 Å². The predicted molar refractivity (Wildman–Crippen MR) is 56.5 cm³/mol. The number of rotatable bonds is 5. The van der Waals surface area contributed by atoms with E-state index in [4.69, 9.17) is 0 Å². The largest absolute Gasteiger partial charge is 0.103 e. The van der Waals surface area contributed by atoms with E-state index in [1.54, 1.807) is 0 Å². The highest BCUT2D eigenvalue weighted by Crippen LogP contribution is 2.60. The van der Waals surface area contributed by atoms with Crippen molar-refractivity contribution in [3.8, 4) is 0 Å². The first-order chi connectivity index (χ1) is 5.83. The second-order valence-electron chi connectivity index (χ2n) is 4.30. The summed E-state index contributed by atoms with van der Waals surface area (Å²) in [5, 5.41) is 1.14. The van der Waals surface area contributed by atoms with Crippen LogP contribution in [-0.2, 0) is 0 Å². The monoisotopic (exact) mass is 228 g/mol. The minimum atomic E-state index is 0.531. The third-order valence-corrected chi connectivity index (χ3v) is 3.98. The van der Waals surface area contributed by atoms with E-state index >= 15 is 0 Å². The van der Waals surface area contributed by atoms with Gasteiger partial charge in [-0.3, -0.25) is 0 Å². The zero-order valence-electron chi connectivity index (χ0n) is 7.56. The fourth-order valence-electron chi connectivity index (χ4n) is 2.58. The van der Waals surface area contributed by atoms with Gasteiger partial charge in [0, 0.05) is 5.33 Å². The molecule has 1 heteroatoms. The van der Waals surface area contributed by atoms with Crippen LogP contribution in [0.25, 0.3) is 0 Å². The summed E-state index contributed by atoms with van der Waals surface area (Å²) in [6, 6.07) is 0. The molecule has 2 fully saturated rings. The summed E-state index contributed by atoms with van der Waals surface area (Å²) in [7, 11) is 0. The molecule has 2 rings (SSSR count). The van der Waals surface area contributed by atoms with Gasteiger partial charge in [-0.25, -0.2) is 0 Å². The molecule has 0 unspecified atom stereocenters. The first kappa shape index (κ1) is 8.80. The normalized spacial score (nSPS) is 24.1. The van der Waals surface area contributed by atoms with Crippen molar-refractivity contribution in [2.24, 2.45) is 17.3 Å². The van der Waals surface area contributed by atoms with Gasteiger partial charge in [0.25, 0.3) is 0 Å². The highest BCUT2D eigenvalue weighted by Gasteiger charge is 2.51. The molecule has 0 aromatic carbocycles. The molecule has 0 aromatic rings. The van der Waals surface area contributed by atoms with Crippen LogP contribution >= 0.6 is 15.9 Å². The summed E-state index contributed by atoms with van der Waals surface area (Å²) in [6.07, 6.45) is 9.39. The number of alkyl halides is 1. The molecular weight excluding hydrogens is 212 g/mol. The van der Waals surface area contributed by atoms with Gasteiger partial charge in [0.15, 0.2) is 0 Å². The summed E-state index contributed by atoms with van der Waals surface area (Å²) in [5.74, 6) is 1.97. The molecule has 0 bridgehead atoms. The Balaban J connectivity index is 2.09. The fraction of sp³-hybridized carbons (Fsp3) is 0.818. The van der Waals surface area contributed by atoms with Crippen molar-refractivity contribution < 1.29 is 0 Å². The summed E-state index contributed by atoms with van der Waals surface area (Å²) in [4.78, 5) is 0. The van der Waals surface area contributed by atoms with E-state index in [0.717, 1.165) is 17.2 Å². The van der Waals surface area contributed by atoms with Crippen LogP contribution in [0.1, 0.15) is 32.1 Å². The van der Waals surface area contributed by atoms with Crippen molar-refractivity contribution >= 4 is 15.9 Å². The first-order valence-electron chi connectivity index (χ1n) is 5.03. The van der Waals surface area contributed by atoms with Gasteiger partial charge in [0.05, 0.1) is 0 Å². The molecule has 2 aliphatic carbocycles. The second kappa shape index (κ2) is 3.17. The van der Waals surface area contributed by atoms with Crippen molar-refractivity contribution in [1.82, 2.24) is 0 Å². The van der Waals surface area contributed by atoms with Gasteiger partial charge < -0.3 is 0 Å². The zero-order chi connectivity index (χ0) is 8.60. The summed E-state index contributed by atoms with van der Waals surface area (Å²) >= 11 is 3.57. The third kappa shape index (κ3) is 1.37. The van der Waals surface area contributed by atoms with Crippen molar-refractivity contribution in [3.05, 3.63) is 12.7 Å². The predicted octanol–water partition coefficient (Wildman–Crippen LogP) is 3.76. The lowest BCUT2D eigenvalue weighted by atomic mass is 9.75. The zero-order valence-corrected chi connectivity index (χ0v) is 9.15. The molecule has 0 aromatic heterocycles. The lowest BCUT2D eigenvalue weighted by Gasteiger charge is -2.30. The van der Waals surface area contributed by atoms with Crippen LogP contribution in [0.2, 0.25) is 0 Å². The Hall–Kier alpha value is 0.220. The molecule has 68 valence electrons. The topological polar surface area (TPSA) is 0 Å². The molecule has 0 spiro atoms. The van der Waals surface area contributed by atoms with Crippen LogP contribution in [0.5, 0.6) is 0 Å². The van der Waals surface area contributed by atoms with Gasteiger partial charge >= 0.3 is 0 Å². The number of hydrogen-bond donors (Lipinski definition) is 0. The second-order valence-corrected chi connectivity index (χ2v) is 5.10. The summed E-state index contributed by atoms with van der Waals surface area (Å²) in [5.41, 5.74) is 0.531. The van der Waals surface area contributed by atoms with Crippen LogP contribution < -0.4 is 0 Å². The lowest BCUT2D eigenvalue weighted by molar-refractivity contribution is 0.268. The lowest BCUT2D eigenvalue weighted by Crippen LogP contribution is -2.23. The molecule has 0 saturated heterocycles. The highest BCUT2D eigenvalue weighted by molar-refractivity contribution is 9.09. The van der Waals surface area contributed by atoms with E-state index in [1.165, 1.54) is 32.1 Å². The van der Waals surface area contributed by atoms with Crippen LogP contribution in [0, 0.1) is 17.3 Å². The van der Waals surface area contributed by atoms with Crippen molar-refractivity contribution in [2.75, 3.05) is 5.33 Å². The number of halogens is 1. The Morgan fingerprint density at radius 2 is 1.75 bits per heavy atom. The average Bonchev–Trinajstić information content (AvgIpc) is 2.88. The Morgan fingerprint density at radius 3 is 2.00 bits per heavy atom. The molecule has 0 amide bonds. The Kier molecular flexibility index (Phi) is 2.33. The highest BCUT2D eigenvalue weighted by atomic mass is 79.9. The van der Waals surface area contributed by atoms with E-state index < -0.39 is 0 Å². The van der Waals surface area contributed by atoms with E-state index in [0.29, 0.717) is 5.41 Å². The van der Waals surface area contributed by atoms with Gasteiger partial charge in [-0.2, -0.15) is 0 Å². The molecule has 2 saturated carbocycles. The smallest absolute Gasteiger partial charge is 0.00397 e. The molecule has 12 heavy (non-hydrogen) atoms. The van der Waals surface area contributed by atoms with Gasteiger partial charge in [0.2, 0.25) is 0 Å². The Morgan fingerprint density at radius 1 is 1.25 bits per heavy atom. The molecule has 0 heterocycles. The molecule has 0 radical (unpaired) electrons. The molecular formula is C11H17Br. The quantitative estimate of drug-likeness (QED) is 0.497. The van der Waals surface area contributed by atoms with Crippen LogP contribution in [-0.4, -0.2) is 5.33 Å². The van der Waals surface area contributed by atoms with E-state index in [9.17, 15) is 0 Å². The van der Waals surface area contributed by atoms with E-state index in [2.05, 4.69) is 28.6 Å². The standard InChI is InChI=1S/C11H17Br/c1-2-11(7-8-12,9-3-4-9)10-5-6-10/h2,9-10H,1,3-8H2. The molecule has 2 aliphatic rings. The van der Waals surface area contributed by atoms with Crippen LogP contribution in [0.3, 0.4) is 0 Å². The minimum absolute atomic E-state index is 0.531. The van der Waals surface area contributed by atoms with Gasteiger partial charge in [0.1, 0.15) is 0 Å². The van der Waals surface area contributed by atoms with Crippen molar-refractivity contribution in [3.63, 3.8) is 0 Å². The molecule has 0 N–H and O–H groups in total. The number of hydrogen-bond acceptors (Lipinski definition) is 0. The molecule has 0 atom stereocenters. The van der Waals surface area contributed by atoms with Crippen LogP contribution in [0.4, 0.5) is 0 Å². The third-order valence-electron chi connectivity index (χ3n) is 3.58. The molecule has 0 aliphatic heterocycles. The first-order valence-corrected chi connectivity index (χ1v) is 6.15. The van der Waals surface area contributed by atoms with Crippen molar-refractivity contribution in [2.45, 2.75) is 32.1 Å². The van der Waals surface area contributed by atoms with E-state index in [-0.39, 0.29) is 0 Å². The maximum atomic E-state index is 4.05. The number of allylic oxidation sites excluding steroid dienone is 1. The minimum Gasteiger partial charge on any atom is -0.103 e. The van der Waals surface area contributed by atoms with Gasteiger partial charge in [-0.15, -0.1) is 6.58 Å². The van der Waals surface area contributed by atoms with Crippen molar-refractivity contribution in [1.29, 1.82) is 0 Å². The molecule has 0 nitrogen and oxygen atoms in total.